The molecule has 7 nitrogen and oxygen atoms in total. The summed E-state index contributed by atoms with van der Waals surface area (Å²) in [5, 5.41) is 20.7. The Morgan fingerprint density at radius 2 is 1.79 bits per heavy atom. The molecule has 0 spiro atoms. The Kier molecular flexibility index (Phi) is 6.31. The van der Waals surface area contributed by atoms with Crippen LogP contribution in [0.3, 0.4) is 0 Å². The van der Waals surface area contributed by atoms with Crippen molar-refractivity contribution in [1.29, 1.82) is 0 Å². The van der Waals surface area contributed by atoms with E-state index in [9.17, 15) is 14.4 Å². The third kappa shape index (κ3) is 4.55. The quantitative estimate of drug-likeness (QED) is 0.438. The number of benzene rings is 1. The Morgan fingerprint density at radius 3 is 2.42 bits per heavy atom. The van der Waals surface area contributed by atoms with Crippen LogP contribution < -0.4 is 10.8 Å². The summed E-state index contributed by atoms with van der Waals surface area (Å²) in [4.78, 5) is 35.2. The van der Waals surface area contributed by atoms with Crippen molar-refractivity contribution in [2.75, 3.05) is 6.54 Å². The van der Waals surface area contributed by atoms with Crippen molar-refractivity contribution < 1.29 is 24.7 Å². The molecule has 3 atom stereocenters. The van der Waals surface area contributed by atoms with Gasteiger partial charge >= 0.3 is 5.97 Å². The van der Waals surface area contributed by atoms with Gasteiger partial charge in [0.2, 0.25) is 11.8 Å². The summed E-state index contributed by atoms with van der Waals surface area (Å²) >= 11 is 0. The average Bonchev–Trinajstić information content (AvgIpc) is 3.08. The molecular weight excluding hydrogens is 312 g/mol. The monoisotopic (exact) mass is 334 g/mol. The second-order valence-electron chi connectivity index (χ2n) is 6.09. The van der Waals surface area contributed by atoms with E-state index in [1.807, 2.05) is 30.3 Å². The van der Waals surface area contributed by atoms with E-state index in [0.717, 1.165) is 5.56 Å². The number of nitrogens with one attached hydrogen (secondary N) is 2. The van der Waals surface area contributed by atoms with Gasteiger partial charge in [0.05, 0.1) is 17.8 Å². The van der Waals surface area contributed by atoms with E-state index in [-0.39, 0.29) is 12.5 Å². The molecule has 24 heavy (non-hydrogen) atoms. The molecule has 0 radical (unpaired) electrons. The highest BCUT2D eigenvalue weighted by Gasteiger charge is 2.37. The highest BCUT2D eigenvalue weighted by Crippen LogP contribution is 2.32. The Morgan fingerprint density at radius 1 is 1.12 bits per heavy atom. The summed E-state index contributed by atoms with van der Waals surface area (Å²) in [5.41, 5.74) is 2.53. The van der Waals surface area contributed by atoms with Crippen LogP contribution in [0.25, 0.3) is 0 Å². The van der Waals surface area contributed by atoms with Crippen LogP contribution in [0.2, 0.25) is 0 Å². The number of hydrogen-bond acceptors (Lipinski definition) is 4. The Balaban J connectivity index is 1.96. The zero-order valence-electron chi connectivity index (χ0n) is 13.3. The minimum atomic E-state index is -0.957. The number of amides is 2. The lowest BCUT2D eigenvalue weighted by Gasteiger charge is -2.19. The second kappa shape index (κ2) is 8.44. The van der Waals surface area contributed by atoms with E-state index >= 15 is 0 Å². The van der Waals surface area contributed by atoms with Gasteiger partial charge < -0.3 is 10.4 Å². The first-order valence-corrected chi connectivity index (χ1v) is 8.01. The zero-order valence-corrected chi connectivity index (χ0v) is 13.3. The summed E-state index contributed by atoms with van der Waals surface area (Å²) in [5.74, 6) is -3.74. The molecule has 1 unspecified atom stereocenters. The largest absolute Gasteiger partial charge is 0.481 e. The van der Waals surface area contributed by atoms with Crippen LogP contribution in [0, 0.1) is 17.8 Å². The summed E-state index contributed by atoms with van der Waals surface area (Å²) in [6.07, 6.45) is 2.11. The van der Waals surface area contributed by atoms with Gasteiger partial charge in [-0.25, -0.2) is 5.48 Å². The Bertz CT molecular complexity index is 590. The van der Waals surface area contributed by atoms with Crippen LogP contribution in [-0.2, 0) is 20.8 Å². The molecule has 0 saturated heterocycles. The van der Waals surface area contributed by atoms with Crippen LogP contribution in [0.1, 0.15) is 24.8 Å². The highest BCUT2D eigenvalue weighted by atomic mass is 16.5. The Hall–Kier alpha value is -2.41. The molecule has 1 aliphatic carbocycles. The topological polar surface area (TPSA) is 116 Å². The van der Waals surface area contributed by atoms with Crippen LogP contribution in [-0.4, -0.2) is 34.6 Å². The molecular formula is C17H22N2O5. The van der Waals surface area contributed by atoms with E-state index in [2.05, 4.69) is 5.32 Å². The number of carbonyl (C=O) groups excluding carboxylic acids is 2. The van der Waals surface area contributed by atoms with Crippen molar-refractivity contribution in [2.45, 2.75) is 25.7 Å². The van der Waals surface area contributed by atoms with Gasteiger partial charge in [0.25, 0.3) is 0 Å². The fourth-order valence-electron chi connectivity index (χ4n) is 3.17. The standard InChI is InChI=1S/C17H22N2O5/c20-15(19-24)12(9-11-5-2-1-3-6-11)10-18-16(21)13-7-4-8-14(13)17(22)23/h1-3,5-6,12-14,24H,4,7-10H2,(H,18,21)(H,19,20)(H,22,23)/t12?,13-,14+/m0/s1. The van der Waals surface area contributed by atoms with Crippen molar-refractivity contribution in [1.82, 2.24) is 10.8 Å². The van der Waals surface area contributed by atoms with Crippen LogP contribution in [0.15, 0.2) is 30.3 Å². The van der Waals surface area contributed by atoms with Crippen molar-refractivity contribution in [3.63, 3.8) is 0 Å². The first kappa shape index (κ1) is 17.9. The smallest absolute Gasteiger partial charge is 0.307 e. The summed E-state index contributed by atoms with van der Waals surface area (Å²) in [7, 11) is 0. The molecule has 2 amide bonds. The molecule has 1 saturated carbocycles. The first-order valence-electron chi connectivity index (χ1n) is 8.01. The van der Waals surface area contributed by atoms with Gasteiger partial charge in [0.1, 0.15) is 0 Å². The predicted molar refractivity (Wildman–Crippen MR) is 85.0 cm³/mol. The van der Waals surface area contributed by atoms with Crippen LogP contribution in [0.4, 0.5) is 0 Å². The van der Waals surface area contributed by atoms with E-state index in [1.165, 1.54) is 0 Å². The third-order valence-electron chi connectivity index (χ3n) is 4.50. The molecule has 2 rings (SSSR count). The number of carboxylic acids is 1. The van der Waals surface area contributed by atoms with Gasteiger partial charge in [-0.2, -0.15) is 0 Å². The van der Waals surface area contributed by atoms with Gasteiger partial charge in [0, 0.05) is 6.54 Å². The van der Waals surface area contributed by atoms with E-state index < -0.39 is 29.6 Å². The average molecular weight is 334 g/mol. The molecule has 4 N–H and O–H groups in total. The van der Waals surface area contributed by atoms with Gasteiger partial charge in [0.15, 0.2) is 0 Å². The molecule has 1 fully saturated rings. The number of hydrogen-bond donors (Lipinski definition) is 4. The maximum absolute atomic E-state index is 12.3. The fraction of sp³-hybridized carbons (Fsp3) is 0.471. The van der Waals surface area contributed by atoms with E-state index in [1.54, 1.807) is 5.48 Å². The fourth-order valence-corrected chi connectivity index (χ4v) is 3.17. The summed E-state index contributed by atoms with van der Waals surface area (Å²) < 4.78 is 0. The zero-order chi connectivity index (χ0) is 17.5. The number of hydroxylamine groups is 1. The maximum atomic E-state index is 12.3. The molecule has 7 heteroatoms. The molecule has 0 aliphatic heterocycles. The lowest BCUT2D eigenvalue weighted by atomic mass is 9.94. The second-order valence-corrected chi connectivity index (χ2v) is 6.09. The van der Waals surface area contributed by atoms with Gasteiger partial charge in [-0.3, -0.25) is 19.6 Å². The predicted octanol–water partition coefficient (Wildman–Crippen LogP) is 0.968. The minimum Gasteiger partial charge on any atom is -0.481 e. The summed E-state index contributed by atoms with van der Waals surface area (Å²) in [6, 6.07) is 9.27. The number of rotatable bonds is 7. The molecule has 1 aliphatic rings. The minimum absolute atomic E-state index is 0.0446. The van der Waals surface area contributed by atoms with Crippen LogP contribution in [0.5, 0.6) is 0 Å². The molecule has 0 aromatic heterocycles. The first-order chi connectivity index (χ1) is 11.5. The van der Waals surface area contributed by atoms with Crippen molar-refractivity contribution in [3.05, 3.63) is 35.9 Å². The third-order valence-corrected chi connectivity index (χ3v) is 4.50. The van der Waals surface area contributed by atoms with Crippen molar-refractivity contribution >= 4 is 17.8 Å². The molecule has 1 aromatic rings. The number of aliphatic carboxylic acids is 1. The van der Waals surface area contributed by atoms with Crippen molar-refractivity contribution in [3.8, 4) is 0 Å². The SMILES string of the molecule is O=C(NO)C(CNC(=O)[C@H]1CCC[C@H]1C(=O)O)Cc1ccccc1. The lowest BCUT2D eigenvalue weighted by Crippen LogP contribution is -2.42. The number of carboxylic acid groups (broad SMARTS) is 1. The van der Waals surface area contributed by atoms with Gasteiger partial charge in [-0.1, -0.05) is 36.8 Å². The molecule has 130 valence electrons. The normalized spacial score (nSPS) is 21.0. The maximum Gasteiger partial charge on any atom is 0.307 e. The lowest BCUT2D eigenvalue weighted by molar-refractivity contribution is -0.146. The molecule has 1 aromatic carbocycles. The van der Waals surface area contributed by atoms with Crippen molar-refractivity contribution in [2.24, 2.45) is 17.8 Å². The van der Waals surface area contributed by atoms with E-state index in [4.69, 9.17) is 10.3 Å². The Labute approximate surface area is 140 Å². The highest BCUT2D eigenvalue weighted by molar-refractivity contribution is 5.86. The number of carbonyl (C=O) groups is 3. The van der Waals surface area contributed by atoms with E-state index in [0.29, 0.717) is 25.7 Å². The molecule has 0 heterocycles. The van der Waals surface area contributed by atoms with Gasteiger partial charge in [-0.15, -0.1) is 0 Å². The molecule has 0 bridgehead atoms. The van der Waals surface area contributed by atoms with Crippen LogP contribution >= 0.6 is 0 Å². The van der Waals surface area contributed by atoms with Gasteiger partial charge in [-0.05, 0) is 24.8 Å². The summed E-state index contributed by atoms with van der Waals surface area (Å²) in [6.45, 7) is 0.0446.